The maximum Gasteiger partial charge on any atom is 0.140 e. The van der Waals surface area contributed by atoms with E-state index in [2.05, 4.69) is 122 Å². The summed E-state index contributed by atoms with van der Waals surface area (Å²) in [6.45, 7) is 12.9. The average molecular weight is 466 g/mol. The second-order valence-corrected chi connectivity index (χ2v) is 10.1. The first-order chi connectivity index (χ1) is 17.0. The molecule has 0 N–H and O–H groups in total. The predicted molar refractivity (Wildman–Crippen MR) is 147 cm³/mol. The zero-order valence-corrected chi connectivity index (χ0v) is 21.7. The topological polar surface area (TPSA) is 21.1 Å². The lowest BCUT2D eigenvalue weighted by Crippen LogP contribution is -2.26. The smallest absolute Gasteiger partial charge is 0.140 e. The molecule has 0 radical (unpaired) electrons. The molecule has 4 rings (SSSR count). The van der Waals surface area contributed by atoms with Crippen LogP contribution in [0.15, 0.2) is 85.1 Å². The van der Waals surface area contributed by atoms with Crippen molar-refractivity contribution in [3.8, 4) is 11.4 Å². The highest BCUT2D eigenvalue weighted by molar-refractivity contribution is 5.56. The van der Waals surface area contributed by atoms with Crippen molar-refractivity contribution in [1.82, 2.24) is 14.5 Å². The van der Waals surface area contributed by atoms with E-state index in [0.29, 0.717) is 5.92 Å². The molecule has 0 saturated heterocycles. The Morgan fingerprint density at radius 3 is 2.20 bits per heavy atom. The highest BCUT2D eigenvalue weighted by atomic mass is 15.2. The number of aryl methyl sites for hydroxylation is 3. The lowest BCUT2D eigenvalue weighted by Gasteiger charge is -2.25. The van der Waals surface area contributed by atoms with Gasteiger partial charge in [-0.3, -0.25) is 4.90 Å². The maximum atomic E-state index is 4.92. The molecule has 3 heteroatoms. The van der Waals surface area contributed by atoms with Crippen molar-refractivity contribution in [2.24, 2.45) is 5.92 Å². The van der Waals surface area contributed by atoms with Gasteiger partial charge in [0, 0.05) is 25.2 Å². The summed E-state index contributed by atoms with van der Waals surface area (Å²) in [4.78, 5) is 7.51. The molecule has 182 valence electrons. The molecule has 0 fully saturated rings. The van der Waals surface area contributed by atoms with Crippen molar-refractivity contribution in [3.63, 3.8) is 0 Å². The van der Waals surface area contributed by atoms with Crippen molar-refractivity contribution in [2.75, 3.05) is 6.54 Å². The first kappa shape index (κ1) is 24.9. The Morgan fingerprint density at radius 1 is 0.800 bits per heavy atom. The molecule has 4 aromatic rings. The third-order valence-corrected chi connectivity index (χ3v) is 6.82. The van der Waals surface area contributed by atoms with Crippen LogP contribution in [0.5, 0.6) is 0 Å². The Labute approximate surface area is 211 Å². The van der Waals surface area contributed by atoms with Gasteiger partial charge < -0.3 is 4.57 Å². The molecule has 0 aliphatic rings. The fourth-order valence-electron chi connectivity index (χ4n) is 4.53. The molecule has 0 saturated carbocycles. The zero-order valence-electron chi connectivity index (χ0n) is 21.7. The fraction of sp³-hybridized carbons (Fsp3) is 0.344. The van der Waals surface area contributed by atoms with Crippen LogP contribution in [-0.4, -0.2) is 21.0 Å². The minimum atomic E-state index is 0.681. The molecule has 1 aromatic heterocycles. The summed E-state index contributed by atoms with van der Waals surface area (Å²) < 4.78 is 2.44. The third-order valence-electron chi connectivity index (χ3n) is 6.82. The van der Waals surface area contributed by atoms with Crippen LogP contribution in [0.2, 0.25) is 0 Å². The van der Waals surface area contributed by atoms with Gasteiger partial charge in [-0.15, -0.1) is 0 Å². The van der Waals surface area contributed by atoms with Crippen molar-refractivity contribution in [3.05, 3.63) is 113 Å². The van der Waals surface area contributed by atoms with E-state index in [1.807, 2.05) is 0 Å². The Morgan fingerprint density at radius 2 is 1.51 bits per heavy atom. The Kier molecular flexibility index (Phi) is 8.54. The van der Waals surface area contributed by atoms with Crippen molar-refractivity contribution < 1.29 is 0 Å². The Bertz CT molecular complexity index is 1190. The summed E-state index contributed by atoms with van der Waals surface area (Å²) in [5, 5.41) is 0. The lowest BCUT2D eigenvalue weighted by molar-refractivity contribution is 0.235. The number of hydrogen-bond donors (Lipinski definition) is 0. The molecule has 0 aliphatic carbocycles. The highest BCUT2D eigenvalue weighted by Crippen LogP contribution is 2.23. The largest absolute Gasteiger partial charge is 0.326 e. The Hall–Kier alpha value is -3.17. The second kappa shape index (κ2) is 12.0. The van der Waals surface area contributed by atoms with E-state index in [1.54, 1.807) is 0 Å². The minimum Gasteiger partial charge on any atom is -0.326 e. The highest BCUT2D eigenvalue weighted by Gasteiger charge is 2.16. The van der Waals surface area contributed by atoms with Crippen LogP contribution in [0.1, 0.15) is 48.2 Å². The van der Waals surface area contributed by atoms with Gasteiger partial charge in [0.2, 0.25) is 0 Å². The van der Waals surface area contributed by atoms with E-state index in [9.17, 15) is 0 Å². The SMILES string of the molecule is Cc1ccc(CN(CCC(C)C)Cc2cnc(-c3ccccc3)n2CCc2ccccc2)cc1C. The normalized spacial score (nSPS) is 11.5. The van der Waals surface area contributed by atoms with Crippen molar-refractivity contribution in [1.29, 1.82) is 0 Å². The molecule has 35 heavy (non-hydrogen) atoms. The summed E-state index contributed by atoms with van der Waals surface area (Å²) in [6.07, 6.45) is 4.28. The minimum absolute atomic E-state index is 0.681. The van der Waals surface area contributed by atoms with Gasteiger partial charge in [0.15, 0.2) is 0 Å². The van der Waals surface area contributed by atoms with E-state index in [1.165, 1.54) is 39.9 Å². The van der Waals surface area contributed by atoms with Crippen LogP contribution in [0.25, 0.3) is 11.4 Å². The summed E-state index contributed by atoms with van der Waals surface area (Å²) in [7, 11) is 0. The van der Waals surface area contributed by atoms with Crippen LogP contribution in [0.3, 0.4) is 0 Å². The van der Waals surface area contributed by atoms with Gasteiger partial charge in [-0.05, 0) is 61.4 Å². The van der Waals surface area contributed by atoms with E-state index in [0.717, 1.165) is 38.4 Å². The van der Waals surface area contributed by atoms with Crippen molar-refractivity contribution >= 4 is 0 Å². The Balaban J connectivity index is 1.61. The van der Waals surface area contributed by atoms with E-state index in [4.69, 9.17) is 4.98 Å². The second-order valence-electron chi connectivity index (χ2n) is 10.1. The van der Waals surface area contributed by atoms with Crippen LogP contribution < -0.4 is 0 Å². The maximum absolute atomic E-state index is 4.92. The fourth-order valence-corrected chi connectivity index (χ4v) is 4.53. The third kappa shape index (κ3) is 6.93. The average Bonchev–Trinajstić information content (AvgIpc) is 3.27. The molecule has 1 heterocycles. The summed E-state index contributed by atoms with van der Waals surface area (Å²) >= 11 is 0. The predicted octanol–water partition coefficient (Wildman–Crippen LogP) is 7.46. The van der Waals surface area contributed by atoms with Crippen LogP contribution >= 0.6 is 0 Å². The number of rotatable bonds is 11. The van der Waals surface area contributed by atoms with E-state index < -0.39 is 0 Å². The molecule has 3 nitrogen and oxygen atoms in total. The molecule has 0 unspecified atom stereocenters. The van der Waals surface area contributed by atoms with Gasteiger partial charge in [0.05, 0.1) is 11.9 Å². The van der Waals surface area contributed by atoms with Gasteiger partial charge in [0.1, 0.15) is 5.82 Å². The zero-order chi connectivity index (χ0) is 24.6. The molecule has 3 aromatic carbocycles. The van der Waals surface area contributed by atoms with E-state index in [-0.39, 0.29) is 0 Å². The summed E-state index contributed by atoms with van der Waals surface area (Å²) in [5.74, 6) is 1.74. The van der Waals surface area contributed by atoms with Gasteiger partial charge in [0.25, 0.3) is 0 Å². The monoisotopic (exact) mass is 465 g/mol. The van der Waals surface area contributed by atoms with Crippen LogP contribution in [-0.2, 0) is 26.1 Å². The van der Waals surface area contributed by atoms with Gasteiger partial charge in [-0.2, -0.15) is 0 Å². The van der Waals surface area contributed by atoms with Gasteiger partial charge in [-0.1, -0.05) is 92.7 Å². The number of hydrogen-bond acceptors (Lipinski definition) is 2. The number of nitrogens with zero attached hydrogens (tertiary/aromatic N) is 3. The quantitative estimate of drug-likeness (QED) is 0.229. The molecular weight excluding hydrogens is 426 g/mol. The summed E-state index contributed by atoms with van der Waals surface area (Å²) in [5.41, 5.74) is 7.93. The number of imidazole rings is 1. The molecule has 0 atom stereocenters. The molecule has 0 spiro atoms. The van der Waals surface area contributed by atoms with Crippen molar-refractivity contribution in [2.45, 2.75) is 60.2 Å². The first-order valence-electron chi connectivity index (χ1n) is 12.9. The van der Waals surface area contributed by atoms with Crippen LogP contribution in [0, 0.1) is 19.8 Å². The number of aromatic nitrogens is 2. The first-order valence-corrected chi connectivity index (χ1v) is 12.9. The van der Waals surface area contributed by atoms with Gasteiger partial charge >= 0.3 is 0 Å². The number of benzene rings is 3. The molecule has 0 aliphatic heterocycles. The van der Waals surface area contributed by atoms with Crippen LogP contribution in [0.4, 0.5) is 0 Å². The van der Waals surface area contributed by atoms with Gasteiger partial charge in [-0.25, -0.2) is 4.98 Å². The summed E-state index contributed by atoms with van der Waals surface area (Å²) in [6, 6.07) is 28.2. The molecule has 0 bridgehead atoms. The molecule has 0 amide bonds. The van der Waals surface area contributed by atoms with E-state index >= 15 is 0 Å². The lowest BCUT2D eigenvalue weighted by atomic mass is 10.1. The molecular formula is C32H39N3. The standard InChI is InChI=1S/C32H39N3/c1-25(2)17-19-34(23-29-16-15-26(3)27(4)21-29)24-31-22-33-32(30-13-9-6-10-14-30)35(31)20-18-28-11-7-5-8-12-28/h5-16,21-22,25H,17-20,23-24H2,1-4H3.